The predicted molar refractivity (Wildman–Crippen MR) is 60.1 cm³/mol. The van der Waals surface area contributed by atoms with Gasteiger partial charge >= 0.3 is 0 Å². The molecule has 90 valence electrons. The van der Waals surface area contributed by atoms with Crippen LogP contribution >= 0.6 is 0 Å². The molecule has 0 N–H and O–H groups in total. The molecule has 3 heterocycles. The van der Waals surface area contributed by atoms with Crippen molar-refractivity contribution in [2.75, 3.05) is 32.8 Å². The fourth-order valence-electron chi connectivity index (χ4n) is 2.91. The first-order chi connectivity index (χ1) is 7.84. The number of epoxide rings is 1. The first-order valence-corrected chi connectivity index (χ1v) is 6.49. The highest BCUT2D eigenvalue weighted by atomic mass is 16.6. The predicted octanol–water partition coefficient (Wildman–Crippen LogP) is 0.472. The molecule has 3 rings (SSSR count). The maximum atomic E-state index is 12.3. The lowest BCUT2D eigenvalue weighted by atomic mass is 10.2. The first kappa shape index (κ1) is 10.5. The van der Waals surface area contributed by atoms with E-state index in [1.165, 1.54) is 12.8 Å². The lowest BCUT2D eigenvalue weighted by Gasteiger charge is -2.27. The van der Waals surface area contributed by atoms with Crippen molar-refractivity contribution < 1.29 is 9.53 Å². The Hall–Kier alpha value is -0.610. The zero-order valence-electron chi connectivity index (χ0n) is 9.73. The Balaban J connectivity index is 1.60. The molecule has 0 radical (unpaired) electrons. The fourth-order valence-corrected chi connectivity index (χ4v) is 2.91. The molecule has 0 bridgehead atoms. The number of rotatable bonds is 3. The number of hydrogen-bond acceptors (Lipinski definition) is 3. The van der Waals surface area contributed by atoms with Gasteiger partial charge in [-0.15, -0.1) is 0 Å². The van der Waals surface area contributed by atoms with Crippen molar-refractivity contribution in [3.8, 4) is 0 Å². The third-order valence-corrected chi connectivity index (χ3v) is 3.91. The molecule has 3 aliphatic rings. The summed E-state index contributed by atoms with van der Waals surface area (Å²) < 4.78 is 5.26. The minimum atomic E-state index is 0.155. The molecule has 16 heavy (non-hydrogen) atoms. The molecule has 4 heteroatoms. The van der Waals surface area contributed by atoms with Crippen LogP contribution in [0.3, 0.4) is 0 Å². The van der Waals surface area contributed by atoms with Crippen LogP contribution in [0.15, 0.2) is 0 Å². The van der Waals surface area contributed by atoms with Crippen molar-refractivity contribution in [1.29, 1.82) is 0 Å². The Kier molecular flexibility index (Phi) is 2.86. The molecule has 0 unspecified atom stereocenters. The SMILES string of the molecule is O=C([C@H]1CCCN1C[C@H]1CO1)N1CCCC1. The normalized spacial score (nSPS) is 34.6. The molecule has 2 atom stereocenters. The summed E-state index contributed by atoms with van der Waals surface area (Å²) in [7, 11) is 0. The monoisotopic (exact) mass is 224 g/mol. The van der Waals surface area contributed by atoms with Gasteiger partial charge in [0, 0.05) is 19.6 Å². The Morgan fingerprint density at radius 1 is 1.19 bits per heavy atom. The van der Waals surface area contributed by atoms with E-state index >= 15 is 0 Å². The topological polar surface area (TPSA) is 36.1 Å². The molecule has 3 fully saturated rings. The van der Waals surface area contributed by atoms with E-state index in [4.69, 9.17) is 4.74 Å². The van der Waals surface area contributed by atoms with Gasteiger partial charge in [-0.2, -0.15) is 0 Å². The summed E-state index contributed by atoms with van der Waals surface area (Å²) in [5.41, 5.74) is 0. The Bertz CT molecular complexity index is 272. The van der Waals surface area contributed by atoms with Gasteiger partial charge in [-0.3, -0.25) is 9.69 Å². The third kappa shape index (κ3) is 2.09. The number of hydrogen-bond donors (Lipinski definition) is 0. The van der Waals surface area contributed by atoms with Crippen LogP contribution in [0.5, 0.6) is 0 Å². The molecular weight excluding hydrogens is 204 g/mol. The molecule has 0 aromatic heterocycles. The lowest BCUT2D eigenvalue weighted by Crippen LogP contribution is -2.45. The average molecular weight is 224 g/mol. The highest BCUT2D eigenvalue weighted by Gasteiger charge is 2.37. The number of nitrogens with zero attached hydrogens (tertiary/aromatic N) is 2. The molecule has 0 aromatic carbocycles. The third-order valence-electron chi connectivity index (χ3n) is 3.91. The lowest BCUT2D eigenvalue weighted by molar-refractivity contribution is -0.134. The second-order valence-corrected chi connectivity index (χ2v) is 5.14. The van der Waals surface area contributed by atoms with Crippen molar-refractivity contribution in [2.24, 2.45) is 0 Å². The number of likely N-dealkylation sites (tertiary alicyclic amines) is 2. The van der Waals surface area contributed by atoms with E-state index in [0.717, 1.165) is 45.6 Å². The summed E-state index contributed by atoms with van der Waals surface area (Å²) in [6, 6.07) is 0.155. The smallest absolute Gasteiger partial charge is 0.239 e. The van der Waals surface area contributed by atoms with Crippen LogP contribution in [-0.2, 0) is 9.53 Å². The summed E-state index contributed by atoms with van der Waals surface area (Å²) in [4.78, 5) is 16.7. The van der Waals surface area contributed by atoms with Gasteiger partial charge < -0.3 is 9.64 Å². The van der Waals surface area contributed by atoms with Crippen molar-refractivity contribution in [3.63, 3.8) is 0 Å². The molecule has 1 amide bonds. The van der Waals surface area contributed by atoms with Crippen molar-refractivity contribution >= 4 is 5.91 Å². The standard InChI is InChI=1S/C12H20N2O2/c15-12(13-5-1-2-6-13)11-4-3-7-14(11)8-10-9-16-10/h10-11H,1-9H2/t10-,11+/m0/s1. The average Bonchev–Trinajstić information content (AvgIpc) is 2.82. The molecule has 3 aliphatic heterocycles. The molecule has 4 nitrogen and oxygen atoms in total. The van der Waals surface area contributed by atoms with E-state index in [0.29, 0.717) is 12.0 Å². The zero-order valence-corrected chi connectivity index (χ0v) is 9.73. The van der Waals surface area contributed by atoms with Crippen LogP contribution in [0.4, 0.5) is 0 Å². The van der Waals surface area contributed by atoms with Crippen LogP contribution in [0.25, 0.3) is 0 Å². The van der Waals surface area contributed by atoms with Gasteiger partial charge in [0.25, 0.3) is 0 Å². The van der Waals surface area contributed by atoms with Crippen LogP contribution in [0, 0.1) is 0 Å². The van der Waals surface area contributed by atoms with Crippen LogP contribution in [-0.4, -0.2) is 60.6 Å². The van der Waals surface area contributed by atoms with E-state index in [1.54, 1.807) is 0 Å². The van der Waals surface area contributed by atoms with Crippen LogP contribution in [0.2, 0.25) is 0 Å². The van der Waals surface area contributed by atoms with E-state index in [9.17, 15) is 4.79 Å². The molecule has 0 spiro atoms. The summed E-state index contributed by atoms with van der Waals surface area (Å²) in [6.45, 7) is 4.88. The Morgan fingerprint density at radius 2 is 1.94 bits per heavy atom. The highest BCUT2D eigenvalue weighted by molar-refractivity contribution is 5.82. The first-order valence-electron chi connectivity index (χ1n) is 6.49. The largest absolute Gasteiger partial charge is 0.372 e. The summed E-state index contributed by atoms with van der Waals surface area (Å²) >= 11 is 0. The maximum absolute atomic E-state index is 12.3. The molecular formula is C12H20N2O2. The number of ether oxygens (including phenoxy) is 1. The number of amides is 1. The second-order valence-electron chi connectivity index (χ2n) is 5.14. The Morgan fingerprint density at radius 3 is 2.62 bits per heavy atom. The summed E-state index contributed by atoms with van der Waals surface area (Å²) in [5, 5.41) is 0. The quantitative estimate of drug-likeness (QED) is 0.654. The van der Waals surface area contributed by atoms with Gasteiger partial charge in [0.15, 0.2) is 0 Å². The zero-order chi connectivity index (χ0) is 11.0. The van der Waals surface area contributed by atoms with E-state index in [-0.39, 0.29) is 6.04 Å². The fraction of sp³-hybridized carbons (Fsp3) is 0.917. The number of carbonyl (C=O) groups excluding carboxylic acids is 1. The van der Waals surface area contributed by atoms with Crippen LogP contribution in [0.1, 0.15) is 25.7 Å². The maximum Gasteiger partial charge on any atom is 0.239 e. The molecule has 0 saturated carbocycles. The number of carbonyl (C=O) groups is 1. The summed E-state index contributed by atoms with van der Waals surface area (Å²) in [6.07, 6.45) is 4.99. The van der Waals surface area contributed by atoms with E-state index < -0.39 is 0 Å². The molecule has 0 aliphatic carbocycles. The van der Waals surface area contributed by atoms with Gasteiger partial charge in [-0.05, 0) is 32.2 Å². The van der Waals surface area contributed by atoms with Gasteiger partial charge in [-0.25, -0.2) is 0 Å². The second kappa shape index (κ2) is 4.34. The van der Waals surface area contributed by atoms with Gasteiger partial charge in [-0.1, -0.05) is 0 Å². The van der Waals surface area contributed by atoms with Crippen molar-refractivity contribution in [1.82, 2.24) is 9.80 Å². The highest BCUT2D eigenvalue weighted by Crippen LogP contribution is 2.24. The Labute approximate surface area is 96.5 Å². The molecule has 3 saturated heterocycles. The van der Waals surface area contributed by atoms with Crippen molar-refractivity contribution in [2.45, 2.75) is 37.8 Å². The van der Waals surface area contributed by atoms with Gasteiger partial charge in [0.05, 0.1) is 18.8 Å². The van der Waals surface area contributed by atoms with Gasteiger partial charge in [0.1, 0.15) is 0 Å². The minimum absolute atomic E-state index is 0.155. The summed E-state index contributed by atoms with van der Waals surface area (Å²) in [5.74, 6) is 0.371. The van der Waals surface area contributed by atoms with Crippen LogP contribution < -0.4 is 0 Å². The van der Waals surface area contributed by atoms with E-state index in [2.05, 4.69) is 9.80 Å². The van der Waals surface area contributed by atoms with Crippen molar-refractivity contribution in [3.05, 3.63) is 0 Å². The van der Waals surface area contributed by atoms with E-state index in [1.807, 2.05) is 0 Å². The minimum Gasteiger partial charge on any atom is -0.372 e. The molecule has 0 aromatic rings. The van der Waals surface area contributed by atoms with Gasteiger partial charge in [0.2, 0.25) is 5.91 Å².